The van der Waals surface area contributed by atoms with Gasteiger partial charge in [0.2, 0.25) is 0 Å². The van der Waals surface area contributed by atoms with Crippen LogP contribution in [0.1, 0.15) is 25.3 Å². The van der Waals surface area contributed by atoms with Crippen LogP contribution in [0.15, 0.2) is 24.3 Å². The largest absolute Gasteiger partial charge is 0.492 e. The highest BCUT2D eigenvalue weighted by Gasteiger charge is 2.19. The van der Waals surface area contributed by atoms with E-state index < -0.39 is 0 Å². The summed E-state index contributed by atoms with van der Waals surface area (Å²) < 4.78 is 5.73. The summed E-state index contributed by atoms with van der Waals surface area (Å²) in [6.45, 7) is 5.21. The Bertz CT molecular complexity index is 405. The SMILES string of the molecule is CC1CCCN1CCOc1ccc(C(N)=S)cc1. The maximum absolute atomic E-state index is 5.73. The number of hydrogen-bond acceptors (Lipinski definition) is 3. The zero-order chi connectivity index (χ0) is 13.0. The topological polar surface area (TPSA) is 38.5 Å². The minimum Gasteiger partial charge on any atom is -0.492 e. The van der Waals surface area contributed by atoms with Crippen LogP contribution in [0.4, 0.5) is 0 Å². The van der Waals surface area contributed by atoms with Crippen LogP contribution in [0.3, 0.4) is 0 Å². The summed E-state index contributed by atoms with van der Waals surface area (Å²) in [5, 5.41) is 0. The van der Waals surface area contributed by atoms with E-state index >= 15 is 0 Å². The third-order valence-corrected chi connectivity index (χ3v) is 3.71. The third-order valence-electron chi connectivity index (χ3n) is 3.48. The number of likely N-dealkylation sites (tertiary alicyclic amines) is 1. The lowest BCUT2D eigenvalue weighted by Crippen LogP contribution is -2.31. The van der Waals surface area contributed by atoms with Crippen LogP contribution in [-0.2, 0) is 0 Å². The molecular formula is C14H20N2OS. The van der Waals surface area contributed by atoms with Gasteiger partial charge in [0.25, 0.3) is 0 Å². The summed E-state index contributed by atoms with van der Waals surface area (Å²) in [5.41, 5.74) is 6.43. The van der Waals surface area contributed by atoms with Crippen LogP contribution in [0.5, 0.6) is 5.75 Å². The molecule has 1 saturated heterocycles. The molecule has 1 aliphatic heterocycles. The summed E-state index contributed by atoms with van der Waals surface area (Å²) >= 11 is 4.91. The van der Waals surface area contributed by atoms with E-state index in [2.05, 4.69) is 11.8 Å². The lowest BCUT2D eigenvalue weighted by atomic mass is 10.2. The minimum absolute atomic E-state index is 0.424. The highest BCUT2D eigenvalue weighted by Crippen LogP contribution is 2.16. The van der Waals surface area contributed by atoms with Gasteiger partial charge in [-0.1, -0.05) is 12.2 Å². The predicted molar refractivity (Wildman–Crippen MR) is 78.1 cm³/mol. The quantitative estimate of drug-likeness (QED) is 0.827. The molecule has 2 rings (SSSR count). The molecule has 1 aromatic carbocycles. The van der Waals surface area contributed by atoms with Crippen LogP contribution >= 0.6 is 12.2 Å². The monoisotopic (exact) mass is 264 g/mol. The molecule has 18 heavy (non-hydrogen) atoms. The first kappa shape index (κ1) is 13.3. The molecule has 0 radical (unpaired) electrons. The Labute approximate surface area is 114 Å². The van der Waals surface area contributed by atoms with Gasteiger partial charge >= 0.3 is 0 Å². The average molecular weight is 264 g/mol. The fraction of sp³-hybridized carbons (Fsp3) is 0.500. The maximum atomic E-state index is 5.73. The molecule has 0 aromatic heterocycles. The van der Waals surface area contributed by atoms with Crippen molar-refractivity contribution in [2.24, 2.45) is 5.73 Å². The number of hydrogen-bond donors (Lipinski definition) is 1. The second-order valence-electron chi connectivity index (χ2n) is 4.76. The normalized spacial score (nSPS) is 19.9. The van der Waals surface area contributed by atoms with Crippen LogP contribution in [-0.4, -0.2) is 35.6 Å². The molecule has 0 amide bonds. The van der Waals surface area contributed by atoms with Gasteiger partial charge in [0.15, 0.2) is 0 Å². The Balaban J connectivity index is 1.78. The molecular weight excluding hydrogens is 244 g/mol. The molecule has 0 saturated carbocycles. The first-order chi connectivity index (χ1) is 8.66. The van der Waals surface area contributed by atoms with E-state index in [9.17, 15) is 0 Å². The van der Waals surface area contributed by atoms with E-state index in [1.54, 1.807) is 0 Å². The molecule has 1 fully saturated rings. The molecule has 0 bridgehead atoms. The first-order valence-electron chi connectivity index (χ1n) is 6.43. The molecule has 1 unspecified atom stereocenters. The van der Waals surface area contributed by atoms with Crippen molar-refractivity contribution in [3.8, 4) is 5.75 Å². The van der Waals surface area contributed by atoms with Crippen LogP contribution in [0.2, 0.25) is 0 Å². The van der Waals surface area contributed by atoms with E-state index in [1.165, 1.54) is 19.4 Å². The van der Waals surface area contributed by atoms with Crippen molar-refractivity contribution < 1.29 is 4.74 Å². The second kappa shape index (κ2) is 6.16. The number of thiocarbonyl (C=S) groups is 1. The van der Waals surface area contributed by atoms with Crippen molar-refractivity contribution in [3.63, 3.8) is 0 Å². The summed E-state index contributed by atoms with van der Waals surface area (Å²) in [6.07, 6.45) is 2.62. The smallest absolute Gasteiger partial charge is 0.119 e. The molecule has 3 nitrogen and oxygen atoms in total. The van der Waals surface area contributed by atoms with Crippen molar-refractivity contribution in [1.82, 2.24) is 4.90 Å². The van der Waals surface area contributed by atoms with Crippen LogP contribution in [0.25, 0.3) is 0 Å². The molecule has 1 heterocycles. The Morgan fingerprint density at radius 3 is 2.72 bits per heavy atom. The summed E-state index contributed by atoms with van der Waals surface area (Å²) in [5.74, 6) is 0.877. The minimum atomic E-state index is 0.424. The zero-order valence-electron chi connectivity index (χ0n) is 10.8. The fourth-order valence-electron chi connectivity index (χ4n) is 2.32. The van der Waals surface area contributed by atoms with E-state index in [4.69, 9.17) is 22.7 Å². The maximum Gasteiger partial charge on any atom is 0.119 e. The Morgan fingerprint density at radius 2 is 2.17 bits per heavy atom. The molecule has 0 spiro atoms. The number of rotatable bonds is 5. The summed E-state index contributed by atoms with van der Waals surface area (Å²) in [6, 6.07) is 8.33. The van der Waals surface area contributed by atoms with Crippen molar-refractivity contribution in [3.05, 3.63) is 29.8 Å². The third kappa shape index (κ3) is 3.43. The molecule has 98 valence electrons. The number of benzene rings is 1. The summed E-state index contributed by atoms with van der Waals surface area (Å²) in [7, 11) is 0. The molecule has 1 aliphatic rings. The Kier molecular flexibility index (Phi) is 4.55. The molecule has 4 heteroatoms. The predicted octanol–water partition coefficient (Wildman–Crippen LogP) is 2.18. The summed E-state index contributed by atoms with van der Waals surface area (Å²) in [4.78, 5) is 2.90. The van der Waals surface area contributed by atoms with Crippen molar-refractivity contribution in [1.29, 1.82) is 0 Å². The van der Waals surface area contributed by atoms with Crippen molar-refractivity contribution in [2.75, 3.05) is 19.7 Å². The highest BCUT2D eigenvalue weighted by molar-refractivity contribution is 7.80. The van der Waals surface area contributed by atoms with E-state index in [1.807, 2.05) is 24.3 Å². The van der Waals surface area contributed by atoms with Gasteiger partial charge in [-0.3, -0.25) is 4.90 Å². The van der Waals surface area contributed by atoms with Gasteiger partial charge in [0.1, 0.15) is 17.3 Å². The molecule has 0 aliphatic carbocycles. The van der Waals surface area contributed by atoms with Gasteiger partial charge in [0, 0.05) is 18.2 Å². The lowest BCUT2D eigenvalue weighted by molar-refractivity contribution is 0.204. The number of nitrogens with zero attached hydrogens (tertiary/aromatic N) is 1. The van der Waals surface area contributed by atoms with Crippen LogP contribution < -0.4 is 10.5 Å². The average Bonchev–Trinajstić information content (AvgIpc) is 2.76. The van der Waals surface area contributed by atoms with E-state index in [-0.39, 0.29) is 0 Å². The number of nitrogens with two attached hydrogens (primary N) is 1. The Hall–Kier alpha value is -1.13. The van der Waals surface area contributed by atoms with Crippen LogP contribution in [0, 0.1) is 0 Å². The zero-order valence-corrected chi connectivity index (χ0v) is 11.6. The standard InChI is InChI=1S/C14H20N2OS/c1-11-3-2-8-16(11)9-10-17-13-6-4-12(5-7-13)14(15)18/h4-7,11H,2-3,8-10H2,1H3,(H2,15,18). The molecule has 1 atom stereocenters. The number of ether oxygens (including phenoxy) is 1. The van der Waals surface area contributed by atoms with Gasteiger partial charge in [-0.25, -0.2) is 0 Å². The van der Waals surface area contributed by atoms with Gasteiger partial charge in [-0.2, -0.15) is 0 Å². The van der Waals surface area contributed by atoms with Crippen molar-refractivity contribution >= 4 is 17.2 Å². The van der Waals surface area contributed by atoms with Crippen molar-refractivity contribution in [2.45, 2.75) is 25.8 Å². The van der Waals surface area contributed by atoms with Gasteiger partial charge < -0.3 is 10.5 Å². The highest BCUT2D eigenvalue weighted by atomic mass is 32.1. The molecule has 2 N–H and O–H groups in total. The van der Waals surface area contributed by atoms with Gasteiger partial charge in [0.05, 0.1) is 0 Å². The fourth-order valence-corrected chi connectivity index (χ4v) is 2.46. The van der Waals surface area contributed by atoms with Gasteiger partial charge in [-0.15, -0.1) is 0 Å². The second-order valence-corrected chi connectivity index (χ2v) is 5.20. The molecule has 1 aromatic rings. The van der Waals surface area contributed by atoms with E-state index in [0.717, 1.165) is 24.5 Å². The lowest BCUT2D eigenvalue weighted by Gasteiger charge is -2.20. The van der Waals surface area contributed by atoms with Gasteiger partial charge in [-0.05, 0) is 50.6 Å². The van der Waals surface area contributed by atoms with E-state index in [0.29, 0.717) is 11.0 Å². The first-order valence-corrected chi connectivity index (χ1v) is 6.84. The Morgan fingerprint density at radius 1 is 1.44 bits per heavy atom.